The summed E-state index contributed by atoms with van der Waals surface area (Å²) in [5, 5.41) is 29.9. The van der Waals surface area contributed by atoms with Crippen LogP contribution in [0.4, 0.5) is 45.5 Å². The molecule has 0 aliphatic rings. The van der Waals surface area contributed by atoms with Crippen molar-refractivity contribution in [3.8, 4) is 11.5 Å². The molecule has 0 bridgehead atoms. The molecule has 0 radical (unpaired) electrons. The topological polar surface area (TPSA) is 158 Å². The number of carbonyl (C=O) groups excluding carboxylic acids is 2. The molecule has 6 aromatic rings. The zero-order valence-corrected chi connectivity index (χ0v) is 34.9. The van der Waals surface area contributed by atoms with Gasteiger partial charge in [-0.25, -0.2) is 0 Å². The summed E-state index contributed by atoms with van der Waals surface area (Å²) in [6.07, 6.45) is 7.22. The van der Waals surface area contributed by atoms with Gasteiger partial charge in [0.1, 0.15) is 11.5 Å². The van der Waals surface area contributed by atoms with Gasteiger partial charge < -0.3 is 30.7 Å². The highest BCUT2D eigenvalue weighted by atomic mass is 33.1. The Labute approximate surface area is 357 Å². The van der Waals surface area contributed by atoms with Gasteiger partial charge in [0.05, 0.1) is 37.0 Å². The first-order valence-electron chi connectivity index (χ1n) is 19.0. The van der Waals surface area contributed by atoms with E-state index in [1.807, 2.05) is 121 Å². The molecular formula is C44H46N10O4S2+2. The van der Waals surface area contributed by atoms with E-state index in [1.165, 1.54) is 0 Å². The molecule has 4 N–H and O–H groups in total. The third-order valence-electron chi connectivity index (χ3n) is 8.55. The van der Waals surface area contributed by atoms with Gasteiger partial charge in [0.2, 0.25) is 13.1 Å². The van der Waals surface area contributed by atoms with Crippen molar-refractivity contribution < 1.29 is 28.2 Å². The molecule has 0 unspecified atom stereocenters. The third kappa shape index (κ3) is 14.6. The highest BCUT2D eigenvalue weighted by molar-refractivity contribution is 8.76. The van der Waals surface area contributed by atoms with Crippen LogP contribution in [0.2, 0.25) is 0 Å². The lowest BCUT2D eigenvalue weighted by Gasteiger charge is -2.07. The van der Waals surface area contributed by atoms with Crippen LogP contribution in [0, 0.1) is 0 Å². The quantitative estimate of drug-likeness (QED) is 0.0242. The molecule has 306 valence electrons. The van der Waals surface area contributed by atoms with Crippen LogP contribution in [0.25, 0.3) is 0 Å². The van der Waals surface area contributed by atoms with Crippen LogP contribution in [0.3, 0.4) is 0 Å². The predicted octanol–water partition coefficient (Wildman–Crippen LogP) is 8.91. The second kappa shape index (κ2) is 23.0. The smallest absolute Gasteiger partial charge is 0.286 e. The number of anilines is 4. The summed E-state index contributed by atoms with van der Waals surface area (Å²) in [5.74, 6) is 2.96. The number of carbonyl (C=O) groups is 2. The van der Waals surface area contributed by atoms with Crippen molar-refractivity contribution in [2.75, 3.05) is 49.4 Å². The highest BCUT2D eigenvalue weighted by Gasteiger charge is 2.10. The maximum Gasteiger partial charge on any atom is 0.286 e. The third-order valence-corrected chi connectivity index (χ3v) is 11.0. The van der Waals surface area contributed by atoms with Gasteiger partial charge in [-0.2, -0.15) is 29.6 Å². The minimum Gasteiger partial charge on any atom is -0.497 e. The van der Waals surface area contributed by atoms with E-state index in [-0.39, 0.29) is 24.9 Å². The second-order valence-electron chi connectivity index (χ2n) is 13.0. The number of nitrogens with zero attached hydrogens (tertiary/aromatic N) is 6. The minimum atomic E-state index is -0.0752. The average molecular weight is 843 g/mol. The van der Waals surface area contributed by atoms with Crippen molar-refractivity contribution in [2.24, 2.45) is 20.5 Å². The van der Waals surface area contributed by atoms with Crippen molar-refractivity contribution >= 4 is 78.9 Å². The number of nitrogens with one attached hydrogen (secondary N) is 4. The Morgan fingerprint density at radius 1 is 0.467 bits per heavy atom. The Kier molecular flexibility index (Phi) is 16.4. The summed E-state index contributed by atoms with van der Waals surface area (Å²) in [6, 6.07) is 38.0. The maximum absolute atomic E-state index is 12.5. The lowest BCUT2D eigenvalue weighted by Crippen LogP contribution is -2.42. The van der Waals surface area contributed by atoms with E-state index in [9.17, 15) is 9.59 Å². The molecule has 0 saturated carbocycles. The summed E-state index contributed by atoms with van der Waals surface area (Å²) in [6.45, 7) is 1.50. The van der Waals surface area contributed by atoms with Crippen LogP contribution in [0.15, 0.2) is 167 Å². The van der Waals surface area contributed by atoms with Crippen LogP contribution in [0.5, 0.6) is 11.5 Å². The Morgan fingerprint density at radius 2 is 0.767 bits per heavy atom. The number of aromatic nitrogens is 2. The van der Waals surface area contributed by atoms with E-state index >= 15 is 0 Å². The SMILES string of the molecule is COc1ccc(Nc2ccc(N=Nc3cc[n+](CC(=O)NCCSSCCNC(=O)C[n+]4ccc(N=Nc5ccc(Nc6ccc(OC)cc6)cc5)cc4)cc3)cc2)cc1. The number of rotatable bonds is 21. The number of amides is 2. The lowest BCUT2D eigenvalue weighted by atomic mass is 10.2. The Hall–Kier alpha value is -6.78. The molecule has 0 saturated heterocycles. The van der Waals surface area contributed by atoms with Gasteiger partial charge >= 0.3 is 0 Å². The first-order chi connectivity index (χ1) is 29.4. The van der Waals surface area contributed by atoms with E-state index < -0.39 is 0 Å². The highest BCUT2D eigenvalue weighted by Crippen LogP contribution is 2.25. The van der Waals surface area contributed by atoms with Crippen LogP contribution in [0.1, 0.15) is 0 Å². The molecule has 60 heavy (non-hydrogen) atoms. The van der Waals surface area contributed by atoms with Gasteiger partial charge in [-0.3, -0.25) is 9.59 Å². The van der Waals surface area contributed by atoms with E-state index in [2.05, 4.69) is 41.7 Å². The summed E-state index contributed by atoms with van der Waals surface area (Å²) in [7, 11) is 6.59. The van der Waals surface area contributed by atoms with Crippen LogP contribution in [-0.4, -0.2) is 50.6 Å². The summed E-state index contributed by atoms with van der Waals surface area (Å²) in [5.41, 5.74) is 6.61. The molecule has 0 atom stereocenters. The fraction of sp³-hybridized carbons (Fsp3) is 0.182. The van der Waals surface area contributed by atoms with Crippen molar-refractivity contribution in [3.05, 3.63) is 146 Å². The van der Waals surface area contributed by atoms with Gasteiger partial charge in [-0.05, 0) is 97.1 Å². The molecule has 4 aromatic carbocycles. The van der Waals surface area contributed by atoms with E-state index in [4.69, 9.17) is 9.47 Å². The molecule has 0 aliphatic heterocycles. The van der Waals surface area contributed by atoms with E-state index in [0.717, 1.165) is 57.1 Å². The summed E-state index contributed by atoms with van der Waals surface area (Å²) < 4.78 is 14.0. The first-order valence-corrected chi connectivity index (χ1v) is 21.5. The summed E-state index contributed by atoms with van der Waals surface area (Å²) in [4.78, 5) is 24.9. The maximum atomic E-state index is 12.5. The average Bonchev–Trinajstić information content (AvgIpc) is 3.28. The van der Waals surface area contributed by atoms with Crippen LogP contribution in [-0.2, 0) is 22.7 Å². The van der Waals surface area contributed by atoms with Crippen molar-refractivity contribution in [3.63, 3.8) is 0 Å². The van der Waals surface area contributed by atoms with Crippen LogP contribution >= 0.6 is 21.6 Å². The molecule has 0 spiro atoms. The number of hydrogen-bond acceptors (Lipinski definition) is 12. The van der Waals surface area contributed by atoms with Crippen molar-refractivity contribution in [2.45, 2.75) is 13.1 Å². The number of pyridine rings is 2. The molecule has 6 rings (SSSR count). The largest absolute Gasteiger partial charge is 0.497 e. The van der Waals surface area contributed by atoms with Crippen LogP contribution < -0.4 is 39.9 Å². The summed E-state index contributed by atoms with van der Waals surface area (Å²) >= 11 is 0. The van der Waals surface area contributed by atoms with Crippen molar-refractivity contribution in [1.82, 2.24) is 10.6 Å². The van der Waals surface area contributed by atoms with E-state index in [0.29, 0.717) is 24.5 Å². The Balaban J connectivity index is 0.790. The molecule has 2 heterocycles. The first kappa shape index (κ1) is 42.8. The normalized spacial score (nSPS) is 11.0. The predicted molar refractivity (Wildman–Crippen MR) is 238 cm³/mol. The molecule has 14 nitrogen and oxygen atoms in total. The Morgan fingerprint density at radius 3 is 1.08 bits per heavy atom. The van der Waals surface area contributed by atoms with Gasteiger partial charge in [0.15, 0.2) is 24.8 Å². The standard InChI is InChI=1S/C44H44N10O4S2/c1-57-41-15-11-35(12-16-41)47-33-3-7-37(8-4-33)49-51-39-19-25-53(26-20-39)31-43(55)45-23-29-59-60-30-24-46-44(56)32-54-27-21-40(22-28-54)52-50-38-9-5-34(6-10-38)48-36-13-17-42(58-2)18-14-36/h3-22,25-28H,23-24,29-32H2,1-2H3,(H2,45,46,55,56)/p+2. The number of hydrogen-bond donors (Lipinski definition) is 4. The lowest BCUT2D eigenvalue weighted by molar-refractivity contribution is -0.684. The van der Waals surface area contributed by atoms with Gasteiger partial charge in [-0.15, -0.1) is 0 Å². The number of azo groups is 2. The Bertz CT molecular complexity index is 2150. The van der Waals surface area contributed by atoms with Gasteiger partial charge in [-0.1, -0.05) is 21.6 Å². The number of methoxy groups -OCH3 is 2. The molecule has 16 heteroatoms. The number of benzene rings is 4. The fourth-order valence-electron chi connectivity index (χ4n) is 5.40. The minimum absolute atomic E-state index is 0.0752. The van der Waals surface area contributed by atoms with Gasteiger partial charge in [0, 0.05) is 71.6 Å². The molecule has 2 aromatic heterocycles. The fourth-order valence-corrected chi connectivity index (χ4v) is 7.22. The zero-order valence-electron chi connectivity index (χ0n) is 33.2. The van der Waals surface area contributed by atoms with Crippen molar-refractivity contribution in [1.29, 1.82) is 0 Å². The number of ether oxygens (including phenoxy) is 2. The molecule has 0 fully saturated rings. The molecule has 2 amide bonds. The molecule has 0 aliphatic carbocycles. The second-order valence-corrected chi connectivity index (χ2v) is 15.7. The van der Waals surface area contributed by atoms with E-state index in [1.54, 1.807) is 69.7 Å². The van der Waals surface area contributed by atoms with Gasteiger partial charge in [0.25, 0.3) is 11.8 Å². The monoisotopic (exact) mass is 842 g/mol. The molecular weight excluding hydrogens is 797 g/mol. The zero-order chi connectivity index (χ0) is 41.8.